The van der Waals surface area contributed by atoms with E-state index >= 15 is 0 Å². The second-order valence-corrected chi connectivity index (χ2v) is 5.66. The number of nitrogens with two attached hydrogens (primary N) is 1. The van der Waals surface area contributed by atoms with Crippen LogP contribution in [0.3, 0.4) is 0 Å². The Balaban J connectivity index is 1.97. The zero-order chi connectivity index (χ0) is 13.7. The van der Waals surface area contributed by atoms with Crippen LogP contribution in [0.15, 0.2) is 53.0 Å². The van der Waals surface area contributed by atoms with Crippen molar-refractivity contribution in [3.8, 4) is 5.75 Å². The van der Waals surface area contributed by atoms with E-state index in [0.29, 0.717) is 6.61 Å². The van der Waals surface area contributed by atoms with Crippen LogP contribution >= 0.6 is 15.9 Å². The van der Waals surface area contributed by atoms with Gasteiger partial charge in [0.15, 0.2) is 0 Å². The molecule has 0 aliphatic heterocycles. The molecule has 0 fully saturated rings. The average Bonchev–Trinajstić information content (AvgIpc) is 2.38. The summed E-state index contributed by atoms with van der Waals surface area (Å²) in [6, 6.07) is 16.4. The number of benzene rings is 2. The largest absolute Gasteiger partial charge is 0.489 e. The molecule has 2 N–H and O–H groups in total. The van der Waals surface area contributed by atoms with Crippen molar-refractivity contribution < 1.29 is 4.74 Å². The molecule has 1 unspecified atom stereocenters. The highest BCUT2D eigenvalue weighted by Gasteiger charge is 2.01. The predicted octanol–water partition coefficient (Wildman–Crippen LogP) is 3.92. The molecule has 1 atom stereocenters. The third-order valence-corrected chi connectivity index (χ3v) is 3.30. The minimum atomic E-state index is 0.168. The Kier molecular flexibility index (Phi) is 5.00. The highest BCUT2D eigenvalue weighted by Crippen LogP contribution is 2.17. The van der Waals surface area contributed by atoms with Crippen LogP contribution in [0.4, 0.5) is 0 Å². The Labute approximate surface area is 122 Å². The van der Waals surface area contributed by atoms with Crippen LogP contribution < -0.4 is 10.5 Å². The molecule has 0 aliphatic carbocycles. The van der Waals surface area contributed by atoms with Crippen molar-refractivity contribution in [2.45, 2.75) is 26.0 Å². The van der Waals surface area contributed by atoms with Gasteiger partial charge in [0.2, 0.25) is 0 Å². The van der Waals surface area contributed by atoms with Gasteiger partial charge in [-0.3, -0.25) is 0 Å². The Morgan fingerprint density at radius 2 is 1.84 bits per heavy atom. The number of hydrogen-bond donors (Lipinski definition) is 1. The fourth-order valence-electron chi connectivity index (χ4n) is 1.88. The fraction of sp³-hybridized carbons (Fsp3) is 0.250. The van der Waals surface area contributed by atoms with Crippen LogP contribution in [0.25, 0.3) is 0 Å². The Morgan fingerprint density at radius 3 is 2.53 bits per heavy atom. The topological polar surface area (TPSA) is 35.2 Å². The first-order valence-corrected chi connectivity index (χ1v) is 7.14. The lowest BCUT2D eigenvalue weighted by Gasteiger charge is -2.09. The fourth-order valence-corrected chi connectivity index (χ4v) is 2.15. The summed E-state index contributed by atoms with van der Waals surface area (Å²) in [6.45, 7) is 2.59. The van der Waals surface area contributed by atoms with E-state index in [2.05, 4.69) is 40.2 Å². The molecule has 100 valence electrons. The lowest BCUT2D eigenvalue weighted by molar-refractivity contribution is 0.306. The van der Waals surface area contributed by atoms with Gasteiger partial charge in [0.1, 0.15) is 12.4 Å². The Morgan fingerprint density at radius 1 is 1.11 bits per heavy atom. The summed E-state index contributed by atoms with van der Waals surface area (Å²) in [6.07, 6.45) is 0.871. The molecule has 0 aliphatic rings. The molecule has 0 amide bonds. The highest BCUT2D eigenvalue weighted by atomic mass is 79.9. The highest BCUT2D eigenvalue weighted by molar-refractivity contribution is 9.10. The first kappa shape index (κ1) is 14.1. The second kappa shape index (κ2) is 6.73. The van der Waals surface area contributed by atoms with Gasteiger partial charge in [0.25, 0.3) is 0 Å². The standard InChI is InChI=1S/C16H18BrNO/c1-12(18)9-14-3-2-4-16(10-14)19-11-13-5-7-15(17)8-6-13/h2-8,10,12H,9,11,18H2,1H3. The molecular formula is C16H18BrNO. The van der Waals surface area contributed by atoms with E-state index in [4.69, 9.17) is 10.5 Å². The van der Waals surface area contributed by atoms with Crippen molar-refractivity contribution in [3.63, 3.8) is 0 Å². The van der Waals surface area contributed by atoms with Gasteiger partial charge in [-0.1, -0.05) is 40.2 Å². The van der Waals surface area contributed by atoms with Crippen molar-refractivity contribution in [2.24, 2.45) is 5.73 Å². The quantitative estimate of drug-likeness (QED) is 0.906. The molecule has 0 bridgehead atoms. The van der Waals surface area contributed by atoms with Gasteiger partial charge < -0.3 is 10.5 Å². The average molecular weight is 320 g/mol. The van der Waals surface area contributed by atoms with Gasteiger partial charge in [-0.05, 0) is 48.7 Å². The summed E-state index contributed by atoms with van der Waals surface area (Å²) in [5.41, 5.74) is 8.17. The molecule has 19 heavy (non-hydrogen) atoms. The smallest absolute Gasteiger partial charge is 0.120 e. The van der Waals surface area contributed by atoms with Crippen LogP contribution in [0.2, 0.25) is 0 Å². The summed E-state index contributed by atoms with van der Waals surface area (Å²) in [7, 11) is 0. The molecule has 2 aromatic rings. The molecule has 2 aromatic carbocycles. The van der Waals surface area contributed by atoms with Gasteiger partial charge in [-0.25, -0.2) is 0 Å². The molecule has 2 nitrogen and oxygen atoms in total. The number of ether oxygens (including phenoxy) is 1. The summed E-state index contributed by atoms with van der Waals surface area (Å²) in [5.74, 6) is 0.890. The zero-order valence-electron chi connectivity index (χ0n) is 11.0. The summed E-state index contributed by atoms with van der Waals surface area (Å²) in [5, 5.41) is 0. The molecule has 3 heteroatoms. The lowest BCUT2D eigenvalue weighted by atomic mass is 10.1. The van der Waals surface area contributed by atoms with Gasteiger partial charge >= 0.3 is 0 Å². The predicted molar refractivity (Wildman–Crippen MR) is 82.3 cm³/mol. The zero-order valence-corrected chi connectivity index (χ0v) is 12.6. The first-order valence-electron chi connectivity index (χ1n) is 6.35. The summed E-state index contributed by atoms with van der Waals surface area (Å²) in [4.78, 5) is 0. The van der Waals surface area contributed by atoms with Gasteiger partial charge in [-0.15, -0.1) is 0 Å². The maximum Gasteiger partial charge on any atom is 0.120 e. The minimum Gasteiger partial charge on any atom is -0.489 e. The third kappa shape index (κ3) is 4.69. The third-order valence-electron chi connectivity index (χ3n) is 2.77. The van der Waals surface area contributed by atoms with Gasteiger partial charge in [0, 0.05) is 10.5 Å². The Bertz CT molecular complexity index is 523. The molecule has 2 rings (SSSR count). The van der Waals surface area contributed by atoms with Gasteiger partial charge in [0.05, 0.1) is 0 Å². The Hall–Kier alpha value is -1.32. The normalized spacial score (nSPS) is 12.2. The van der Waals surface area contributed by atoms with E-state index in [0.717, 1.165) is 22.2 Å². The van der Waals surface area contributed by atoms with Crippen molar-refractivity contribution in [3.05, 3.63) is 64.1 Å². The first-order chi connectivity index (χ1) is 9.13. The maximum atomic E-state index is 5.81. The minimum absolute atomic E-state index is 0.168. The molecule has 0 heterocycles. The monoisotopic (exact) mass is 319 g/mol. The van der Waals surface area contributed by atoms with E-state index in [1.807, 2.05) is 31.2 Å². The van der Waals surface area contributed by atoms with Crippen LogP contribution in [0.5, 0.6) is 5.75 Å². The SMILES string of the molecule is CC(N)Cc1cccc(OCc2ccc(Br)cc2)c1. The molecule has 0 saturated carbocycles. The van der Waals surface area contributed by atoms with Crippen LogP contribution in [0.1, 0.15) is 18.1 Å². The number of halogens is 1. The van der Waals surface area contributed by atoms with E-state index in [-0.39, 0.29) is 6.04 Å². The molecule has 0 aromatic heterocycles. The van der Waals surface area contributed by atoms with Crippen LogP contribution in [0, 0.1) is 0 Å². The van der Waals surface area contributed by atoms with Crippen molar-refractivity contribution >= 4 is 15.9 Å². The maximum absolute atomic E-state index is 5.81. The molecule has 0 spiro atoms. The summed E-state index contributed by atoms with van der Waals surface area (Å²) < 4.78 is 6.88. The van der Waals surface area contributed by atoms with Crippen LogP contribution in [-0.2, 0) is 13.0 Å². The summed E-state index contributed by atoms with van der Waals surface area (Å²) >= 11 is 3.42. The molecule has 0 saturated heterocycles. The molecule has 0 radical (unpaired) electrons. The van der Waals surface area contributed by atoms with Gasteiger partial charge in [-0.2, -0.15) is 0 Å². The van der Waals surface area contributed by atoms with E-state index < -0.39 is 0 Å². The van der Waals surface area contributed by atoms with Crippen molar-refractivity contribution in [1.82, 2.24) is 0 Å². The van der Waals surface area contributed by atoms with E-state index in [9.17, 15) is 0 Å². The second-order valence-electron chi connectivity index (χ2n) is 4.74. The van der Waals surface area contributed by atoms with Crippen molar-refractivity contribution in [1.29, 1.82) is 0 Å². The molecular weight excluding hydrogens is 302 g/mol. The number of hydrogen-bond acceptors (Lipinski definition) is 2. The van der Waals surface area contributed by atoms with Crippen LogP contribution in [-0.4, -0.2) is 6.04 Å². The van der Waals surface area contributed by atoms with E-state index in [1.54, 1.807) is 0 Å². The van der Waals surface area contributed by atoms with E-state index in [1.165, 1.54) is 5.56 Å². The lowest BCUT2D eigenvalue weighted by Crippen LogP contribution is -2.17. The van der Waals surface area contributed by atoms with Crippen molar-refractivity contribution in [2.75, 3.05) is 0 Å². The number of rotatable bonds is 5.